The quantitative estimate of drug-likeness (QED) is 0.479. The minimum atomic E-state index is -0.194. The van der Waals surface area contributed by atoms with Gasteiger partial charge in [0, 0.05) is 12.6 Å². The van der Waals surface area contributed by atoms with Crippen LogP contribution in [-0.2, 0) is 0 Å². The zero-order chi connectivity index (χ0) is 6.85. The number of hydrazine groups is 1. The molecule has 0 amide bonds. The van der Waals surface area contributed by atoms with Crippen molar-refractivity contribution in [2.75, 3.05) is 6.54 Å². The van der Waals surface area contributed by atoms with Gasteiger partial charge in [0.25, 0.3) is 0 Å². The van der Waals surface area contributed by atoms with Gasteiger partial charge in [0.05, 0.1) is 6.10 Å². The first-order chi connectivity index (χ1) is 4.25. The normalized spacial score (nSPS) is 37.7. The lowest BCUT2D eigenvalue weighted by Crippen LogP contribution is -2.39. The number of nitrogens with two attached hydrogens (primary N) is 1. The van der Waals surface area contributed by atoms with Gasteiger partial charge < -0.3 is 5.11 Å². The molecule has 3 nitrogen and oxygen atoms in total. The summed E-state index contributed by atoms with van der Waals surface area (Å²) >= 11 is 0. The summed E-state index contributed by atoms with van der Waals surface area (Å²) in [5, 5.41) is 11.0. The van der Waals surface area contributed by atoms with E-state index in [-0.39, 0.29) is 12.1 Å². The predicted octanol–water partition coefficient (Wildman–Crippen LogP) is -0.295. The molecule has 1 heterocycles. The van der Waals surface area contributed by atoms with Crippen molar-refractivity contribution >= 4 is 0 Å². The lowest BCUT2D eigenvalue weighted by atomic mass is 10.1. The number of hydrogen-bond donors (Lipinski definition) is 2. The Labute approximate surface area is 55.4 Å². The van der Waals surface area contributed by atoms with E-state index >= 15 is 0 Å². The van der Waals surface area contributed by atoms with Crippen LogP contribution in [0.15, 0.2) is 0 Å². The molecule has 3 heteroatoms. The Hall–Kier alpha value is -0.120. The standard InChI is InChI=1S/C6H14N2O/c1-2-5-6(9)3-4-8(5)7/h5-6,9H,2-4,7H2,1H3. The average molecular weight is 130 g/mol. The molecule has 1 saturated heterocycles. The summed E-state index contributed by atoms with van der Waals surface area (Å²) < 4.78 is 0. The summed E-state index contributed by atoms with van der Waals surface area (Å²) in [5.41, 5.74) is 0. The summed E-state index contributed by atoms with van der Waals surface area (Å²) in [7, 11) is 0. The first kappa shape index (κ1) is 6.99. The molecule has 0 aromatic heterocycles. The Kier molecular flexibility index (Phi) is 2.05. The van der Waals surface area contributed by atoms with E-state index in [0.717, 1.165) is 19.4 Å². The molecule has 0 radical (unpaired) electrons. The van der Waals surface area contributed by atoms with E-state index in [2.05, 4.69) is 0 Å². The molecular weight excluding hydrogens is 116 g/mol. The Bertz CT molecular complexity index is 87.1. The lowest BCUT2D eigenvalue weighted by Gasteiger charge is -2.18. The molecular formula is C6H14N2O. The third-order valence-corrected chi connectivity index (χ3v) is 1.97. The SMILES string of the molecule is CCC1C(O)CCN1N. The van der Waals surface area contributed by atoms with Gasteiger partial charge in [-0.3, -0.25) is 5.84 Å². The minimum Gasteiger partial charge on any atom is -0.391 e. The van der Waals surface area contributed by atoms with Gasteiger partial charge in [-0.05, 0) is 12.8 Å². The van der Waals surface area contributed by atoms with E-state index in [1.807, 2.05) is 6.92 Å². The van der Waals surface area contributed by atoms with Crippen molar-refractivity contribution in [1.29, 1.82) is 0 Å². The topological polar surface area (TPSA) is 49.5 Å². The van der Waals surface area contributed by atoms with Crippen molar-refractivity contribution < 1.29 is 5.11 Å². The predicted molar refractivity (Wildman–Crippen MR) is 35.6 cm³/mol. The van der Waals surface area contributed by atoms with Crippen LogP contribution in [0.3, 0.4) is 0 Å². The molecule has 0 bridgehead atoms. The summed E-state index contributed by atoms with van der Waals surface area (Å²) in [4.78, 5) is 0. The maximum absolute atomic E-state index is 9.24. The van der Waals surface area contributed by atoms with Crippen molar-refractivity contribution in [3.8, 4) is 0 Å². The fourth-order valence-electron chi connectivity index (χ4n) is 1.37. The van der Waals surface area contributed by atoms with Crippen molar-refractivity contribution in [3.63, 3.8) is 0 Å². The van der Waals surface area contributed by atoms with Crippen LogP contribution in [-0.4, -0.2) is 28.8 Å². The molecule has 1 fully saturated rings. The van der Waals surface area contributed by atoms with Crippen LogP contribution in [0.4, 0.5) is 0 Å². The molecule has 3 N–H and O–H groups in total. The highest BCUT2D eigenvalue weighted by Gasteiger charge is 2.28. The van der Waals surface area contributed by atoms with Gasteiger partial charge in [-0.25, -0.2) is 5.01 Å². The highest BCUT2D eigenvalue weighted by atomic mass is 16.3. The zero-order valence-electron chi connectivity index (χ0n) is 5.75. The van der Waals surface area contributed by atoms with Gasteiger partial charge in [-0.1, -0.05) is 6.92 Å². The largest absolute Gasteiger partial charge is 0.391 e. The first-order valence-corrected chi connectivity index (χ1v) is 3.45. The number of aliphatic hydroxyl groups is 1. The molecule has 1 aliphatic rings. The number of nitrogens with zero attached hydrogens (tertiary/aromatic N) is 1. The minimum absolute atomic E-state index is 0.194. The molecule has 1 aliphatic heterocycles. The Morgan fingerprint density at radius 3 is 2.67 bits per heavy atom. The molecule has 0 saturated carbocycles. The zero-order valence-corrected chi connectivity index (χ0v) is 5.75. The highest BCUT2D eigenvalue weighted by molar-refractivity contribution is 4.81. The van der Waals surface area contributed by atoms with E-state index in [0.29, 0.717) is 0 Å². The highest BCUT2D eigenvalue weighted by Crippen LogP contribution is 2.15. The second-order valence-corrected chi connectivity index (χ2v) is 2.57. The van der Waals surface area contributed by atoms with Crippen molar-refractivity contribution in [3.05, 3.63) is 0 Å². The van der Waals surface area contributed by atoms with E-state index in [9.17, 15) is 5.11 Å². The number of aliphatic hydroxyl groups excluding tert-OH is 1. The van der Waals surface area contributed by atoms with Crippen molar-refractivity contribution in [2.45, 2.75) is 31.9 Å². The van der Waals surface area contributed by atoms with Gasteiger partial charge in [-0.2, -0.15) is 0 Å². The molecule has 1 rings (SSSR count). The maximum atomic E-state index is 9.24. The number of hydrogen-bond acceptors (Lipinski definition) is 3. The van der Waals surface area contributed by atoms with Crippen molar-refractivity contribution in [1.82, 2.24) is 5.01 Å². The monoisotopic (exact) mass is 130 g/mol. The second kappa shape index (κ2) is 2.64. The average Bonchev–Trinajstić information content (AvgIpc) is 2.12. The van der Waals surface area contributed by atoms with Crippen LogP contribution < -0.4 is 5.84 Å². The molecule has 0 aromatic carbocycles. The summed E-state index contributed by atoms with van der Waals surface area (Å²) in [6.45, 7) is 2.87. The van der Waals surface area contributed by atoms with Gasteiger partial charge in [0.2, 0.25) is 0 Å². The molecule has 54 valence electrons. The van der Waals surface area contributed by atoms with Crippen LogP contribution in [0, 0.1) is 0 Å². The fourth-order valence-corrected chi connectivity index (χ4v) is 1.37. The van der Waals surface area contributed by atoms with Crippen molar-refractivity contribution in [2.24, 2.45) is 5.84 Å². The van der Waals surface area contributed by atoms with Crippen LogP contribution in [0.1, 0.15) is 19.8 Å². The van der Waals surface area contributed by atoms with Crippen LogP contribution in [0.2, 0.25) is 0 Å². The van der Waals surface area contributed by atoms with Crippen LogP contribution in [0.25, 0.3) is 0 Å². The molecule has 0 aliphatic carbocycles. The van der Waals surface area contributed by atoms with E-state index in [1.54, 1.807) is 5.01 Å². The van der Waals surface area contributed by atoms with Gasteiger partial charge in [0.15, 0.2) is 0 Å². The Morgan fingerprint density at radius 2 is 2.44 bits per heavy atom. The molecule has 2 unspecified atom stereocenters. The molecule has 0 aromatic rings. The number of rotatable bonds is 1. The Morgan fingerprint density at radius 1 is 1.78 bits per heavy atom. The summed E-state index contributed by atoms with van der Waals surface area (Å²) in [6, 6.07) is 0.199. The third-order valence-electron chi connectivity index (χ3n) is 1.97. The van der Waals surface area contributed by atoms with E-state index in [1.165, 1.54) is 0 Å². The first-order valence-electron chi connectivity index (χ1n) is 3.45. The van der Waals surface area contributed by atoms with Crippen LogP contribution in [0.5, 0.6) is 0 Å². The third kappa shape index (κ3) is 1.23. The van der Waals surface area contributed by atoms with Crippen LogP contribution >= 0.6 is 0 Å². The second-order valence-electron chi connectivity index (χ2n) is 2.57. The van der Waals surface area contributed by atoms with E-state index < -0.39 is 0 Å². The van der Waals surface area contributed by atoms with Gasteiger partial charge >= 0.3 is 0 Å². The smallest absolute Gasteiger partial charge is 0.0721 e. The van der Waals surface area contributed by atoms with Gasteiger partial charge in [0.1, 0.15) is 0 Å². The molecule has 0 spiro atoms. The van der Waals surface area contributed by atoms with Gasteiger partial charge in [-0.15, -0.1) is 0 Å². The molecule has 2 atom stereocenters. The lowest BCUT2D eigenvalue weighted by molar-refractivity contribution is 0.114. The maximum Gasteiger partial charge on any atom is 0.0721 e. The summed E-state index contributed by atoms with van der Waals surface area (Å²) in [6.07, 6.45) is 1.58. The van der Waals surface area contributed by atoms with E-state index in [4.69, 9.17) is 5.84 Å². The fraction of sp³-hybridized carbons (Fsp3) is 1.00. The molecule has 9 heavy (non-hydrogen) atoms. The summed E-state index contributed by atoms with van der Waals surface area (Å²) in [5.74, 6) is 5.55. The Balaban J connectivity index is 2.44.